The molecule has 1 N–H and O–H groups in total. The van der Waals surface area contributed by atoms with Crippen LogP contribution in [0.25, 0.3) is 0 Å². The molecule has 6 nitrogen and oxygen atoms in total. The number of rotatable bonds is 5. The Bertz CT molecular complexity index is 301. The van der Waals surface area contributed by atoms with E-state index in [-0.39, 0.29) is 5.91 Å². The Morgan fingerprint density at radius 1 is 1.28 bits per heavy atom. The Hall–Kier alpha value is -1.14. The van der Waals surface area contributed by atoms with Gasteiger partial charge < -0.3 is 19.8 Å². The van der Waals surface area contributed by atoms with Gasteiger partial charge in [-0.1, -0.05) is 0 Å². The lowest BCUT2D eigenvalue weighted by atomic mass is 10.2. The quantitative estimate of drug-likeness (QED) is 0.723. The van der Waals surface area contributed by atoms with Crippen LogP contribution < -0.4 is 0 Å². The molecule has 1 unspecified atom stereocenters. The number of nitrogens with zero attached hydrogens (tertiary/aromatic N) is 3. The van der Waals surface area contributed by atoms with Crippen molar-refractivity contribution in [2.24, 2.45) is 0 Å². The van der Waals surface area contributed by atoms with Crippen LogP contribution in [-0.2, 0) is 9.59 Å². The fourth-order valence-corrected chi connectivity index (χ4v) is 1.88. The first-order chi connectivity index (χ1) is 8.41. The highest BCUT2D eigenvalue weighted by molar-refractivity contribution is 5.83. The fraction of sp³-hybridized carbons (Fsp3) is 0.833. The number of carboxylic acid groups (broad SMARTS) is 1. The Morgan fingerprint density at radius 2 is 1.83 bits per heavy atom. The van der Waals surface area contributed by atoms with Gasteiger partial charge in [0.25, 0.3) is 0 Å². The van der Waals surface area contributed by atoms with Gasteiger partial charge in [-0.15, -0.1) is 0 Å². The lowest BCUT2D eigenvalue weighted by molar-refractivity contribution is -0.148. The normalized spacial score (nSPS) is 19.5. The van der Waals surface area contributed by atoms with Crippen LogP contribution in [0.2, 0.25) is 0 Å². The summed E-state index contributed by atoms with van der Waals surface area (Å²) in [5, 5.41) is 8.84. The van der Waals surface area contributed by atoms with Crippen molar-refractivity contribution in [1.82, 2.24) is 14.7 Å². The largest absolute Gasteiger partial charge is 0.480 e. The van der Waals surface area contributed by atoms with Crippen LogP contribution >= 0.6 is 0 Å². The minimum Gasteiger partial charge on any atom is -0.480 e. The van der Waals surface area contributed by atoms with Crippen LogP contribution in [0.1, 0.15) is 13.3 Å². The maximum absolute atomic E-state index is 11.8. The third kappa shape index (κ3) is 4.27. The molecule has 0 radical (unpaired) electrons. The number of aliphatic carboxylic acids is 1. The van der Waals surface area contributed by atoms with Gasteiger partial charge in [-0.05, 0) is 14.0 Å². The Kier molecular flexibility index (Phi) is 5.55. The minimum absolute atomic E-state index is 0.108. The van der Waals surface area contributed by atoms with Gasteiger partial charge in [0.2, 0.25) is 5.91 Å². The number of piperazine rings is 1. The average Bonchev–Trinajstić information content (AvgIpc) is 2.35. The van der Waals surface area contributed by atoms with Crippen LogP contribution in [0.15, 0.2) is 0 Å². The lowest BCUT2D eigenvalue weighted by Gasteiger charge is -2.32. The first kappa shape index (κ1) is 14.9. The van der Waals surface area contributed by atoms with Crippen LogP contribution in [-0.4, -0.2) is 84.5 Å². The molecule has 0 saturated carbocycles. The smallest absolute Gasteiger partial charge is 0.326 e. The minimum atomic E-state index is -0.967. The van der Waals surface area contributed by atoms with Crippen molar-refractivity contribution >= 4 is 11.9 Å². The van der Waals surface area contributed by atoms with Crippen molar-refractivity contribution in [3.8, 4) is 0 Å². The highest BCUT2D eigenvalue weighted by atomic mass is 16.4. The van der Waals surface area contributed by atoms with E-state index < -0.39 is 12.0 Å². The molecular weight excluding hydrogens is 234 g/mol. The second-order valence-electron chi connectivity index (χ2n) is 4.91. The molecule has 1 heterocycles. The summed E-state index contributed by atoms with van der Waals surface area (Å²) in [6, 6.07) is -0.759. The van der Waals surface area contributed by atoms with Gasteiger partial charge in [0.05, 0.1) is 0 Å². The van der Waals surface area contributed by atoms with Crippen molar-refractivity contribution in [2.45, 2.75) is 19.4 Å². The first-order valence-corrected chi connectivity index (χ1v) is 6.31. The van der Waals surface area contributed by atoms with Crippen LogP contribution in [0.3, 0.4) is 0 Å². The van der Waals surface area contributed by atoms with Crippen molar-refractivity contribution in [3.05, 3.63) is 0 Å². The summed E-state index contributed by atoms with van der Waals surface area (Å²) < 4.78 is 0. The number of carboxylic acids is 1. The summed E-state index contributed by atoms with van der Waals surface area (Å²) in [5.41, 5.74) is 0. The van der Waals surface area contributed by atoms with Crippen LogP contribution in [0.5, 0.6) is 0 Å². The van der Waals surface area contributed by atoms with Crippen molar-refractivity contribution in [2.75, 3.05) is 46.8 Å². The molecule has 1 atom stereocenters. The molecule has 0 aliphatic carbocycles. The second-order valence-corrected chi connectivity index (χ2v) is 4.91. The first-order valence-electron chi connectivity index (χ1n) is 6.31. The van der Waals surface area contributed by atoms with E-state index in [0.717, 1.165) is 26.2 Å². The predicted octanol–water partition coefficient (Wildman–Crippen LogP) is -0.445. The van der Waals surface area contributed by atoms with Crippen molar-refractivity contribution < 1.29 is 14.7 Å². The van der Waals surface area contributed by atoms with E-state index in [1.165, 1.54) is 11.8 Å². The molecule has 0 aromatic carbocycles. The molecule has 18 heavy (non-hydrogen) atoms. The SMILES string of the molecule is CC(C(=O)O)N(C)C(=O)CCN1CCN(C)CC1. The molecule has 104 valence electrons. The van der Waals surface area contributed by atoms with Gasteiger partial charge in [-0.25, -0.2) is 4.79 Å². The molecule has 1 saturated heterocycles. The molecule has 1 rings (SSSR count). The number of carbonyl (C=O) groups excluding carboxylic acids is 1. The van der Waals surface area contributed by atoms with Gasteiger partial charge in [0.15, 0.2) is 0 Å². The molecule has 0 spiro atoms. The van der Waals surface area contributed by atoms with Crippen LogP contribution in [0.4, 0.5) is 0 Å². The molecule has 1 amide bonds. The number of amides is 1. The third-order valence-electron chi connectivity index (χ3n) is 3.57. The summed E-state index contributed by atoms with van der Waals surface area (Å²) >= 11 is 0. The van der Waals surface area contributed by atoms with Crippen molar-refractivity contribution in [1.29, 1.82) is 0 Å². The molecular formula is C12H23N3O3. The Morgan fingerprint density at radius 3 is 2.33 bits per heavy atom. The van der Waals surface area contributed by atoms with Gasteiger partial charge in [-0.2, -0.15) is 0 Å². The zero-order valence-electron chi connectivity index (χ0n) is 11.4. The summed E-state index contributed by atoms with van der Waals surface area (Å²) in [5.74, 6) is -1.07. The zero-order chi connectivity index (χ0) is 13.7. The summed E-state index contributed by atoms with van der Waals surface area (Å²) in [6.45, 7) is 6.23. The van der Waals surface area contributed by atoms with Gasteiger partial charge >= 0.3 is 5.97 Å². The van der Waals surface area contributed by atoms with E-state index in [0.29, 0.717) is 13.0 Å². The number of carbonyl (C=O) groups is 2. The van der Waals surface area contributed by atoms with Gasteiger partial charge in [-0.3, -0.25) is 4.79 Å². The molecule has 1 fully saturated rings. The monoisotopic (exact) mass is 257 g/mol. The van der Waals surface area contributed by atoms with E-state index in [2.05, 4.69) is 16.8 Å². The van der Waals surface area contributed by atoms with E-state index in [9.17, 15) is 9.59 Å². The number of hydrogen-bond acceptors (Lipinski definition) is 4. The highest BCUT2D eigenvalue weighted by Crippen LogP contribution is 2.03. The molecule has 0 aromatic heterocycles. The maximum Gasteiger partial charge on any atom is 0.326 e. The molecule has 1 aliphatic heterocycles. The summed E-state index contributed by atoms with van der Waals surface area (Å²) in [7, 11) is 3.63. The van der Waals surface area contributed by atoms with Gasteiger partial charge in [0.1, 0.15) is 6.04 Å². The Balaban J connectivity index is 2.30. The topological polar surface area (TPSA) is 64.1 Å². The summed E-state index contributed by atoms with van der Waals surface area (Å²) in [6.07, 6.45) is 0.387. The van der Waals surface area contributed by atoms with Crippen LogP contribution in [0, 0.1) is 0 Å². The maximum atomic E-state index is 11.8. The van der Waals surface area contributed by atoms with Crippen molar-refractivity contribution in [3.63, 3.8) is 0 Å². The molecule has 0 bridgehead atoms. The van der Waals surface area contributed by atoms with Gasteiger partial charge in [0, 0.05) is 46.2 Å². The molecule has 6 heteroatoms. The fourth-order valence-electron chi connectivity index (χ4n) is 1.88. The lowest BCUT2D eigenvalue weighted by Crippen LogP contribution is -2.46. The Labute approximate surface area is 108 Å². The highest BCUT2D eigenvalue weighted by Gasteiger charge is 2.22. The predicted molar refractivity (Wildman–Crippen MR) is 68.4 cm³/mol. The molecule has 0 aromatic rings. The molecule has 1 aliphatic rings. The van der Waals surface area contributed by atoms with E-state index in [1.54, 1.807) is 7.05 Å². The van der Waals surface area contributed by atoms with E-state index >= 15 is 0 Å². The van der Waals surface area contributed by atoms with E-state index in [4.69, 9.17) is 5.11 Å². The summed E-state index contributed by atoms with van der Waals surface area (Å²) in [4.78, 5) is 28.4. The number of hydrogen-bond donors (Lipinski definition) is 1. The second kappa shape index (κ2) is 6.70. The van der Waals surface area contributed by atoms with E-state index in [1.807, 2.05) is 0 Å². The standard InChI is InChI=1S/C12H23N3O3/c1-10(12(17)18)14(3)11(16)4-5-15-8-6-13(2)7-9-15/h10H,4-9H2,1-3H3,(H,17,18). The third-order valence-corrected chi connectivity index (χ3v) is 3.57. The number of likely N-dealkylation sites (N-methyl/N-ethyl adjacent to an activating group) is 2. The average molecular weight is 257 g/mol. The zero-order valence-corrected chi connectivity index (χ0v) is 11.4.